The molecule has 1 aromatic carbocycles. The number of nitrogens with zero attached hydrogens (tertiary/aromatic N) is 2. The number of benzene rings is 1. The number of hydrogen-bond acceptors (Lipinski definition) is 3. The molecule has 4 heteroatoms. The van der Waals surface area contributed by atoms with Crippen LogP contribution in [0.5, 0.6) is 0 Å². The molecule has 0 saturated carbocycles. The Balaban J connectivity index is 1.79. The van der Waals surface area contributed by atoms with Gasteiger partial charge in [-0.25, -0.2) is 0 Å². The Morgan fingerprint density at radius 1 is 1.32 bits per heavy atom. The van der Waals surface area contributed by atoms with E-state index >= 15 is 0 Å². The Morgan fingerprint density at radius 2 is 2.00 bits per heavy atom. The molecule has 1 heterocycles. The van der Waals surface area contributed by atoms with E-state index in [9.17, 15) is 4.79 Å². The number of carbonyl (C=O) groups excluding carboxylic acids is 1. The Morgan fingerprint density at radius 3 is 2.64 bits per heavy atom. The predicted molar refractivity (Wildman–Crippen MR) is 90.7 cm³/mol. The minimum Gasteiger partial charge on any atom is -0.340 e. The van der Waals surface area contributed by atoms with Gasteiger partial charge < -0.3 is 10.2 Å². The van der Waals surface area contributed by atoms with E-state index < -0.39 is 0 Å². The summed E-state index contributed by atoms with van der Waals surface area (Å²) >= 11 is 0. The highest BCUT2D eigenvalue weighted by Crippen LogP contribution is 2.16. The number of aryl methyl sites for hydroxylation is 1. The molecule has 0 unspecified atom stereocenters. The number of amides is 1. The maximum atomic E-state index is 12.4. The van der Waals surface area contributed by atoms with Gasteiger partial charge in [0, 0.05) is 13.6 Å². The van der Waals surface area contributed by atoms with Gasteiger partial charge in [-0.05, 0) is 63.5 Å². The fourth-order valence-corrected chi connectivity index (χ4v) is 3.08. The Kier molecular flexibility index (Phi) is 6.40. The molecule has 22 heavy (non-hydrogen) atoms. The van der Waals surface area contributed by atoms with Crippen LogP contribution in [0.4, 0.5) is 0 Å². The summed E-state index contributed by atoms with van der Waals surface area (Å²) in [5.41, 5.74) is 2.47. The number of nitrogens with one attached hydrogen (secondary N) is 1. The van der Waals surface area contributed by atoms with Gasteiger partial charge in [-0.2, -0.15) is 0 Å². The Labute approximate surface area is 134 Å². The van der Waals surface area contributed by atoms with Crippen molar-refractivity contribution >= 4 is 5.91 Å². The van der Waals surface area contributed by atoms with Crippen LogP contribution in [0, 0.1) is 12.8 Å². The number of hydrogen-bond donors (Lipinski definition) is 1. The van der Waals surface area contributed by atoms with Crippen molar-refractivity contribution in [1.82, 2.24) is 15.1 Å². The van der Waals surface area contributed by atoms with Gasteiger partial charge in [0.2, 0.25) is 5.91 Å². The zero-order valence-electron chi connectivity index (χ0n) is 14.1. The lowest BCUT2D eigenvalue weighted by Gasteiger charge is -2.32. The fourth-order valence-electron chi connectivity index (χ4n) is 3.08. The van der Waals surface area contributed by atoms with E-state index in [1.54, 1.807) is 0 Å². The molecule has 0 radical (unpaired) electrons. The lowest BCUT2D eigenvalue weighted by atomic mass is 9.97. The van der Waals surface area contributed by atoms with Crippen molar-refractivity contribution in [3.8, 4) is 0 Å². The summed E-state index contributed by atoms with van der Waals surface area (Å²) in [7, 11) is 3.92. The third-order valence-corrected chi connectivity index (χ3v) is 4.65. The van der Waals surface area contributed by atoms with E-state index in [1.165, 1.54) is 24.0 Å². The molecule has 1 fully saturated rings. The summed E-state index contributed by atoms with van der Waals surface area (Å²) in [5.74, 6) is 0.983. The van der Waals surface area contributed by atoms with Crippen LogP contribution in [0.1, 0.15) is 24.0 Å². The molecule has 1 amide bonds. The van der Waals surface area contributed by atoms with Crippen molar-refractivity contribution in [2.45, 2.75) is 26.3 Å². The first-order valence-electron chi connectivity index (χ1n) is 8.25. The van der Waals surface area contributed by atoms with Crippen LogP contribution in [0.2, 0.25) is 0 Å². The molecule has 0 aromatic heterocycles. The van der Waals surface area contributed by atoms with Crippen molar-refractivity contribution in [2.75, 3.05) is 40.3 Å². The van der Waals surface area contributed by atoms with Gasteiger partial charge in [0.1, 0.15) is 0 Å². The molecule has 0 aliphatic carbocycles. The normalized spacial score (nSPS) is 16.7. The van der Waals surface area contributed by atoms with Crippen LogP contribution in [0.25, 0.3) is 0 Å². The van der Waals surface area contributed by atoms with Gasteiger partial charge >= 0.3 is 0 Å². The summed E-state index contributed by atoms with van der Waals surface area (Å²) in [6, 6.07) is 8.27. The average Bonchev–Trinajstić information content (AvgIpc) is 2.51. The summed E-state index contributed by atoms with van der Waals surface area (Å²) in [6.45, 7) is 6.51. The van der Waals surface area contributed by atoms with E-state index in [0.29, 0.717) is 13.1 Å². The summed E-state index contributed by atoms with van der Waals surface area (Å²) < 4.78 is 0. The largest absolute Gasteiger partial charge is 0.340 e. The Hall–Kier alpha value is -1.39. The molecule has 0 atom stereocenters. The molecule has 1 N–H and O–H groups in total. The van der Waals surface area contributed by atoms with Gasteiger partial charge in [-0.3, -0.25) is 9.69 Å². The number of carbonyl (C=O) groups is 1. The summed E-state index contributed by atoms with van der Waals surface area (Å²) in [6.07, 6.45) is 2.38. The zero-order valence-corrected chi connectivity index (χ0v) is 14.1. The first kappa shape index (κ1) is 17.0. The van der Waals surface area contributed by atoms with Crippen molar-refractivity contribution in [2.24, 2.45) is 5.92 Å². The van der Waals surface area contributed by atoms with Crippen LogP contribution in [0.3, 0.4) is 0 Å². The van der Waals surface area contributed by atoms with Crippen molar-refractivity contribution in [3.63, 3.8) is 0 Å². The molecule has 122 valence electrons. The second-order valence-electron chi connectivity index (χ2n) is 6.45. The lowest BCUT2D eigenvalue weighted by Crippen LogP contribution is -2.43. The second-order valence-corrected chi connectivity index (χ2v) is 6.45. The van der Waals surface area contributed by atoms with E-state index in [0.717, 1.165) is 25.6 Å². The number of likely N-dealkylation sites (N-methyl/N-ethyl adjacent to an activating group) is 1. The van der Waals surface area contributed by atoms with Crippen LogP contribution < -0.4 is 5.32 Å². The molecule has 1 saturated heterocycles. The summed E-state index contributed by atoms with van der Waals surface area (Å²) in [5, 5.41) is 3.25. The van der Waals surface area contributed by atoms with Crippen molar-refractivity contribution in [1.29, 1.82) is 0 Å². The highest BCUT2D eigenvalue weighted by molar-refractivity contribution is 5.78. The molecule has 1 aliphatic heterocycles. The quantitative estimate of drug-likeness (QED) is 0.872. The highest BCUT2D eigenvalue weighted by atomic mass is 16.2. The highest BCUT2D eigenvalue weighted by Gasteiger charge is 2.21. The monoisotopic (exact) mass is 303 g/mol. The minimum atomic E-state index is 0.218. The smallest absolute Gasteiger partial charge is 0.236 e. The maximum absolute atomic E-state index is 12.4. The first-order chi connectivity index (χ1) is 10.6. The SMILES string of the molecule is CNCC1CCN(CC(=O)N(C)Cc2ccccc2C)CC1. The molecule has 1 aromatic rings. The molecule has 2 rings (SSSR count). The van der Waals surface area contributed by atoms with Gasteiger partial charge in [0.05, 0.1) is 6.54 Å². The third-order valence-electron chi connectivity index (χ3n) is 4.65. The van der Waals surface area contributed by atoms with Crippen LogP contribution >= 0.6 is 0 Å². The standard InChI is InChI=1S/C18H29N3O/c1-15-6-4-5-7-17(15)13-20(3)18(22)14-21-10-8-16(9-11-21)12-19-2/h4-7,16,19H,8-14H2,1-3H3. The first-order valence-corrected chi connectivity index (χ1v) is 8.25. The van der Waals surface area contributed by atoms with Gasteiger partial charge in [-0.1, -0.05) is 24.3 Å². The lowest BCUT2D eigenvalue weighted by molar-refractivity contribution is -0.132. The number of rotatable bonds is 6. The zero-order chi connectivity index (χ0) is 15.9. The van der Waals surface area contributed by atoms with Crippen LogP contribution in [0.15, 0.2) is 24.3 Å². The van der Waals surface area contributed by atoms with E-state index in [4.69, 9.17) is 0 Å². The topological polar surface area (TPSA) is 35.6 Å². The molecule has 1 aliphatic rings. The average molecular weight is 303 g/mol. The second kappa shape index (κ2) is 8.30. The minimum absolute atomic E-state index is 0.218. The predicted octanol–water partition coefficient (Wildman–Crippen LogP) is 1.88. The van der Waals surface area contributed by atoms with E-state index in [1.807, 2.05) is 31.1 Å². The molecule has 0 spiro atoms. The molecule has 4 nitrogen and oxygen atoms in total. The number of piperidine rings is 1. The van der Waals surface area contributed by atoms with Gasteiger partial charge in [-0.15, -0.1) is 0 Å². The summed E-state index contributed by atoms with van der Waals surface area (Å²) in [4.78, 5) is 16.5. The van der Waals surface area contributed by atoms with Crippen molar-refractivity contribution in [3.05, 3.63) is 35.4 Å². The van der Waals surface area contributed by atoms with Gasteiger partial charge in [0.25, 0.3) is 0 Å². The third kappa shape index (κ3) is 4.82. The number of likely N-dealkylation sites (tertiary alicyclic amines) is 1. The molecular weight excluding hydrogens is 274 g/mol. The van der Waals surface area contributed by atoms with E-state index in [2.05, 4.69) is 29.3 Å². The Bertz CT molecular complexity index is 481. The van der Waals surface area contributed by atoms with Gasteiger partial charge in [0.15, 0.2) is 0 Å². The van der Waals surface area contributed by atoms with Crippen LogP contribution in [-0.2, 0) is 11.3 Å². The fraction of sp³-hybridized carbons (Fsp3) is 0.611. The molecule has 0 bridgehead atoms. The van der Waals surface area contributed by atoms with E-state index in [-0.39, 0.29) is 5.91 Å². The van der Waals surface area contributed by atoms with Crippen molar-refractivity contribution < 1.29 is 4.79 Å². The van der Waals surface area contributed by atoms with Crippen LogP contribution in [-0.4, -0.2) is 56.0 Å². The maximum Gasteiger partial charge on any atom is 0.236 e. The molecular formula is C18H29N3O.